The molecule has 0 unspecified atom stereocenters. The second-order valence-corrected chi connectivity index (χ2v) is 7.69. The summed E-state index contributed by atoms with van der Waals surface area (Å²) in [6.45, 7) is 1.66. The minimum Gasteiger partial charge on any atom is -0.494 e. The van der Waals surface area contributed by atoms with Crippen molar-refractivity contribution in [3.8, 4) is 5.75 Å². The zero-order valence-electron chi connectivity index (χ0n) is 19.4. The molecule has 3 N–H and O–H groups in total. The van der Waals surface area contributed by atoms with E-state index in [0.29, 0.717) is 31.0 Å². The zero-order chi connectivity index (χ0) is 24.0. The maximum Gasteiger partial charge on any atom is 0.251 e. The summed E-state index contributed by atoms with van der Waals surface area (Å²) in [5, 5.41) is 8.67. The van der Waals surface area contributed by atoms with E-state index in [9.17, 15) is 9.59 Å². The van der Waals surface area contributed by atoms with Crippen molar-refractivity contribution in [2.24, 2.45) is 0 Å². The smallest absolute Gasteiger partial charge is 0.251 e. The topological polar surface area (TPSA) is 88.7 Å². The minimum absolute atomic E-state index is 0.108. The maximum atomic E-state index is 12.3. The van der Waals surface area contributed by atoms with Crippen LogP contribution in [0.25, 0.3) is 0 Å². The van der Waals surface area contributed by atoms with Gasteiger partial charge in [0.05, 0.1) is 19.8 Å². The summed E-state index contributed by atoms with van der Waals surface area (Å²) in [6.07, 6.45) is 1.92. The molecule has 0 aliphatic carbocycles. The van der Waals surface area contributed by atoms with Crippen LogP contribution in [0.5, 0.6) is 5.75 Å². The highest BCUT2D eigenvalue weighted by molar-refractivity contribution is 5.95. The van der Waals surface area contributed by atoms with E-state index >= 15 is 0 Å². The van der Waals surface area contributed by atoms with Crippen molar-refractivity contribution in [3.05, 3.63) is 90.0 Å². The Morgan fingerprint density at radius 1 is 0.824 bits per heavy atom. The monoisotopic (exact) mass is 461 g/mol. The number of anilines is 2. The molecule has 7 heteroatoms. The molecule has 0 saturated heterocycles. The molecule has 0 aliphatic rings. The molecule has 3 aromatic rings. The van der Waals surface area contributed by atoms with Gasteiger partial charge in [-0.1, -0.05) is 30.3 Å². The molecule has 3 aromatic carbocycles. The number of methoxy groups -OCH3 is 1. The molecule has 34 heavy (non-hydrogen) atoms. The quantitative estimate of drug-likeness (QED) is 0.333. The molecule has 3 rings (SSSR count). The third-order valence-electron chi connectivity index (χ3n) is 5.05. The van der Waals surface area contributed by atoms with Crippen LogP contribution in [-0.4, -0.2) is 45.2 Å². The number of carbonyl (C=O) groups excluding carboxylic acids is 2. The van der Waals surface area contributed by atoms with Crippen LogP contribution in [-0.2, 0) is 16.0 Å². The zero-order valence-corrected chi connectivity index (χ0v) is 19.4. The summed E-state index contributed by atoms with van der Waals surface area (Å²) >= 11 is 0. The maximum absolute atomic E-state index is 12.3. The van der Waals surface area contributed by atoms with E-state index in [1.165, 1.54) is 5.56 Å². The Balaban J connectivity index is 1.35. The fourth-order valence-corrected chi connectivity index (χ4v) is 3.24. The molecule has 2 amide bonds. The number of aryl methyl sites for hydroxylation is 1. The van der Waals surface area contributed by atoms with E-state index in [4.69, 9.17) is 9.47 Å². The third-order valence-corrected chi connectivity index (χ3v) is 5.05. The molecule has 0 aromatic heterocycles. The number of amides is 2. The van der Waals surface area contributed by atoms with Gasteiger partial charge in [0.15, 0.2) is 0 Å². The van der Waals surface area contributed by atoms with Crippen molar-refractivity contribution in [1.82, 2.24) is 5.32 Å². The van der Waals surface area contributed by atoms with Crippen molar-refractivity contribution in [3.63, 3.8) is 0 Å². The van der Waals surface area contributed by atoms with E-state index in [1.807, 2.05) is 42.5 Å². The highest BCUT2D eigenvalue weighted by atomic mass is 16.5. The van der Waals surface area contributed by atoms with Gasteiger partial charge in [-0.15, -0.1) is 0 Å². The molecular weight excluding hydrogens is 430 g/mol. The van der Waals surface area contributed by atoms with Gasteiger partial charge in [0.25, 0.3) is 5.91 Å². The van der Waals surface area contributed by atoms with Crippen LogP contribution < -0.4 is 20.7 Å². The number of benzene rings is 3. The van der Waals surface area contributed by atoms with Gasteiger partial charge in [-0.3, -0.25) is 9.59 Å². The highest BCUT2D eigenvalue weighted by Crippen LogP contribution is 2.16. The van der Waals surface area contributed by atoms with E-state index in [2.05, 4.69) is 28.1 Å². The Bertz CT molecular complexity index is 1020. The Labute approximate surface area is 200 Å². The molecule has 0 atom stereocenters. The molecule has 7 nitrogen and oxygen atoms in total. The summed E-state index contributed by atoms with van der Waals surface area (Å²) < 4.78 is 10.7. The van der Waals surface area contributed by atoms with Crippen molar-refractivity contribution in [2.75, 3.05) is 44.0 Å². The fraction of sp³-hybridized carbons (Fsp3) is 0.259. The molecule has 0 fully saturated rings. The highest BCUT2D eigenvalue weighted by Gasteiger charge is 2.06. The first-order chi connectivity index (χ1) is 16.6. The third kappa shape index (κ3) is 8.60. The van der Waals surface area contributed by atoms with Crippen LogP contribution >= 0.6 is 0 Å². The summed E-state index contributed by atoms with van der Waals surface area (Å²) in [4.78, 5) is 24.3. The fourth-order valence-electron chi connectivity index (χ4n) is 3.24. The van der Waals surface area contributed by atoms with Crippen LogP contribution in [0.2, 0.25) is 0 Å². The number of nitrogens with one attached hydrogen (secondary N) is 3. The van der Waals surface area contributed by atoms with Crippen LogP contribution in [0, 0.1) is 0 Å². The summed E-state index contributed by atoms with van der Waals surface area (Å²) in [7, 11) is 1.58. The second-order valence-electron chi connectivity index (χ2n) is 7.69. The summed E-state index contributed by atoms with van der Waals surface area (Å²) in [5.74, 6) is 0.443. The van der Waals surface area contributed by atoms with E-state index < -0.39 is 0 Å². The van der Waals surface area contributed by atoms with Crippen molar-refractivity contribution >= 4 is 23.2 Å². The number of hydrogen-bond donors (Lipinski definition) is 3. The lowest BCUT2D eigenvalue weighted by Crippen LogP contribution is -2.26. The van der Waals surface area contributed by atoms with Crippen molar-refractivity contribution in [2.45, 2.75) is 12.8 Å². The first kappa shape index (κ1) is 24.8. The first-order valence-corrected chi connectivity index (χ1v) is 11.3. The normalized spacial score (nSPS) is 10.4. The first-order valence-electron chi connectivity index (χ1n) is 11.3. The van der Waals surface area contributed by atoms with Crippen LogP contribution in [0.4, 0.5) is 11.4 Å². The standard InChI is InChI=1S/C27H31N3O4/c1-33-19-17-28-27(32)22-9-11-23(12-10-22)29-20-26(31)30-24-13-15-25(16-14-24)34-18-5-8-21-6-3-2-4-7-21/h2-4,6-7,9-16,29H,5,8,17-20H2,1H3,(H,28,32)(H,30,31). The predicted molar refractivity (Wildman–Crippen MR) is 134 cm³/mol. The van der Waals surface area contributed by atoms with Gasteiger partial charge < -0.3 is 25.4 Å². The van der Waals surface area contributed by atoms with Gasteiger partial charge in [0.1, 0.15) is 5.75 Å². The Hall–Kier alpha value is -3.84. The number of carbonyl (C=O) groups is 2. The molecule has 0 radical (unpaired) electrons. The van der Waals surface area contributed by atoms with Crippen LogP contribution in [0.1, 0.15) is 22.3 Å². The average molecular weight is 462 g/mol. The molecule has 0 bridgehead atoms. The molecule has 0 spiro atoms. The van der Waals surface area contributed by atoms with Gasteiger partial charge in [-0.25, -0.2) is 0 Å². The molecule has 0 aliphatic heterocycles. The minimum atomic E-state index is -0.169. The van der Waals surface area contributed by atoms with Crippen LogP contribution in [0.3, 0.4) is 0 Å². The largest absolute Gasteiger partial charge is 0.494 e. The van der Waals surface area contributed by atoms with Gasteiger partial charge >= 0.3 is 0 Å². The molecule has 178 valence electrons. The van der Waals surface area contributed by atoms with E-state index in [1.54, 1.807) is 31.4 Å². The number of hydrogen-bond acceptors (Lipinski definition) is 5. The summed E-state index contributed by atoms with van der Waals surface area (Å²) in [5.41, 5.74) is 3.31. The second kappa shape index (κ2) is 13.6. The SMILES string of the molecule is COCCNC(=O)c1ccc(NCC(=O)Nc2ccc(OCCCc3ccccc3)cc2)cc1. The average Bonchev–Trinajstić information content (AvgIpc) is 2.87. The Morgan fingerprint density at radius 3 is 2.24 bits per heavy atom. The van der Waals surface area contributed by atoms with Crippen LogP contribution in [0.15, 0.2) is 78.9 Å². The van der Waals surface area contributed by atoms with E-state index in [-0.39, 0.29) is 18.4 Å². The molecule has 0 heterocycles. The van der Waals surface area contributed by atoms with Crippen molar-refractivity contribution < 1.29 is 19.1 Å². The number of rotatable bonds is 13. The summed E-state index contributed by atoms with van der Waals surface area (Å²) in [6, 6.07) is 24.6. The Morgan fingerprint density at radius 2 is 1.53 bits per heavy atom. The number of ether oxygens (including phenoxy) is 2. The van der Waals surface area contributed by atoms with E-state index in [0.717, 1.165) is 24.3 Å². The van der Waals surface area contributed by atoms with Gasteiger partial charge in [0.2, 0.25) is 5.91 Å². The Kier molecular flexibility index (Phi) is 9.95. The molecule has 0 saturated carbocycles. The lowest BCUT2D eigenvalue weighted by molar-refractivity contribution is -0.114. The molecular formula is C27H31N3O4. The van der Waals surface area contributed by atoms with Gasteiger partial charge in [-0.2, -0.15) is 0 Å². The lowest BCUT2D eigenvalue weighted by Gasteiger charge is -2.10. The lowest BCUT2D eigenvalue weighted by atomic mass is 10.1. The predicted octanol–water partition coefficient (Wildman–Crippen LogP) is 4.13. The van der Waals surface area contributed by atoms with Gasteiger partial charge in [0, 0.05) is 30.6 Å². The van der Waals surface area contributed by atoms with Crippen molar-refractivity contribution in [1.29, 1.82) is 0 Å². The van der Waals surface area contributed by atoms with Gasteiger partial charge in [-0.05, 0) is 66.9 Å².